The summed E-state index contributed by atoms with van der Waals surface area (Å²) in [5.74, 6) is -0.905. The highest BCUT2D eigenvalue weighted by atomic mass is 32.2. The third-order valence-corrected chi connectivity index (χ3v) is 5.53. The average Bonchev–Trinajstić information content (AvgIpc) is 2.78. The van der Waals surface area contributed by atoms with Gasteiger partial charge in [-0.3, -0.25) is 4.79 Å². The van der Waals surface area contributed by atoms with Gasteiger partial charge >= 0.3 is 5.97 Å². The number of amides is 1. The van der Waals surface area contributed by atoms with Crippen molar-refractivity contribution in [2.45, 2.75) is 25.0 Å². The summed E-state index contributed by atoms with van der Waals surface area (Å²) in [7, 11) is -3.05. The highest BCUT2D eigenvalue weighted by molar-refractivity contribution is 7.91. The first-order valence-electron chi connectivity index (χ1n) is 6.74. The Morgan fingerprint density at radius 2 is 2.05 bits per heavy atom. The number of hydrogen-bond acceptors (Lipinski definition) is 5. The van der Waals surface area contributed by atoms with Gasteiger partial charge in [-0.05, 0) is 18.1 Å². The molecule has 0 aromatic heterocycles. The van der Waals surface area contributed by atoms with Crippen LogP contribution in [0.5, 0.6) is 0 Å². The van der Waals surface area contributed by atoms with Crippen LogP contribution in [0, 0.1) is 0 Å². The largest absolute Gasteiger partial charge is 0.448 e. The summed E-state index contributed by atoms with van der Waals surface area (Å²) in [5.41, 5.74) is 1.25. The number of ether oxygens (including phenoxy) is 1. The minimum Gasteiger partial charge on any atom is -0.448 e. The smallest absolute Gasteiger partial charge is 0.339 e. The van der Waals surface area contributed by atoms with E-state index in [-0.39, 0.29) is 11.5 Å². The lowest BCUT2D eigenvalue weighted by molar-refractivity contribution is -0.130. The summed E-state index contributed by atoms with van der Waals surface area (Å²) in [5, 5.41) is 2.66. The summed E-state index contributed by atoms with van der Waals surface area (Å²) < 4.78 is 27.9. The zero-order chi connectivity index (χ0) is 15.0. The Bertz CT molecular complexity index is 697. The Labute approximate surface area is 122 Å². The first kappa shape index (κ1) is 14.1. The molecule has 3 rings (SSSR count). The van der Waals surface area contributed by atoms with Crippen LogP contribution in [0.15, 0.2) is 24.3 Å². The van der Waals surface area contributed by atoms with Crippen LogP contribution in [0.1, 0.15) is 22.3 Å². The van der Waals surface area contributed by atoms with Crippen molar-refractivity contribution >= 4 is 21.7 Å². The molecule has 1 aromatic carbocycles. The van der Waals surface area contributed by atoms with Crippen molar-refractivity contribution in [2.75, 3.05) is 11.5 Å². The zero-order valence-corrected chi connectivity index (χ0v) is 12.1. The Balaban J connectivity index is 1.69. The number of carbonyl (C=O) groups is 2. The maximum Gasteiger partial charge on any atom is 0.339 e. The van der Waals surface area contributed by atoms with Gasteiger partial charge in [0.15, 0.2) is 15.9 Å². The maximum atomic E-state index is 12.1. The van der Waals surface area contributed by atoms with Crippen LogP contribution in [0.2, 0.25) is 0 Å². The minimum absolute atomic E-state index is 0.0456. The molecule has 0 spiro atoms. The molecule has 0 unspecified atom stereocenters. The molecule has 1 aromatic rings. The van der Waals surface area contributed by atoms with E-state index in [0.29, 0.717) is 18.4 Å². The molecule has 2 heterocycles. The summed E-state index contributed by atoms with van der Waals surface area (Å²) in [6.07, 6.45) is -0.172. The summed E-state index contributed by atoms with van der Waals surface area (Å²) in [4.78, 5) is 24.0. The Kier molecular flexibility index (Phi) is 3.44. The van der Waals surface area contributed by atoms with Gasteiger partial charge in [-0.25, -0.2) is 13.2 Å². The van der Waals surface area contributed by atoms with Crippen LogP contribution < -0.4 is 5.32 Å². The van der Waals surface area contributed by atoms with Crippen LogP contribution in [0.25, 0.3) is 0 Å². The monoisotopic (exact) mass is 309 g/mol. The van der Waals surface area contributed by atoms with E-state index in [9.17, 15) is 18.0 Å². The van der Waals surface area contributed by atoms with E-state index in [1.54, 1.807) is 24.3 Å². The topological polar surface area (TPSA) is 89.5 Å². The molecular weight excluding hydrogens is 294 g/mol. The number of rotatable bonds is 2. The van der Waals surface area contributed by atoms with Gasteiger partial charge in [-0.1, -0.05) is 18.2 Å². The van der Waals surface area contributed by atoms with Gasteiger partial charge in [-0.2, -0.15) is 0 Å². The normalized spacial score (nSPS) is 26.8. The van der Waals surface area contributed by atoms with Crippen molar-refractivity contribution in [3.63, 3.8) is 0 Å². The molecule has 21 heavy (non-hydrogen) atoms. The van der Waals surface area contributed by atoms with E-state index in [1.807, 2.05) is 0 Å². The molecule has 6 nitrogen and oxygen atoms in total. The minimum atomic E-state index is -3.05. The van der Waals surface area contributed by atoms with Crippen LogP contribution in [-0.2, 0) is 25.8 Å². The number of nitrogens with one attached hydrogen (secondary N) is 1. The van der Waals surface area contributed by atoms with E-state index < -0.39 is 33.9 Å². The fourth-order valence-corrected chi connectivity index (χ4v) is 4.35. The number of sulfone groups is 1. The zero-order valence-electron chi connectivity index (χ0n) is 11.2. The van der Waals surface area contributed by atoms with Gasteiger partial charge in [0.2, 0.25) is 0 Å². The molecule has 0 aliphatic carbocycles. The van der Waals surface area contributed by atoms with Crippen LogP contribution in [0.4, 0.5) is 0 Å². The molecule has 1 saturated heterocycles. The molecule has 7 heteroatoms. The SMILES string of the molecule is O=C1O[C@@H](C(=O)N[C@H]2CCS(=O)(=O)C2)Cc2ccccc21. The second kappa shape index (κ2) is 5.14. The second-order valence-corrected chi connectivity index (χ2v) is 7.59. The van der Waals surface area contributed by atoms with E-state index in [2.05, 4.69) is 5.32 Å². The summed E-state index contributed by atoms with van der Waals surface area (Å²) in [6.45, 7) is 0. The third-order valence-electron chi connectivity index (χ3n) is 3.76. The van der Waals surface area contributed by atoms with Gasteiger partial charge in [0.25, 0.3) is 5.91 Å². The van der Waals surface area contributed by atoms with E-state index in [4.69, 9.17) is 4.74 Å². The fourth-order valence-electron chi connectivity index (χ4n) is 2.68. The van der Waals surface area contributed by atoms with Crippen molar-refractivity contribution in [2.24, 2.45) is 0 Å². The van der Waals surface area contributed by atoms with Gasteiger partial charge in [-0.15, -0.1) is 0 Å². The predicted molar refractivity (Wildman–Crippen MR) is 74.6 cm³/mol. The number of fused-ring (bicyclic) bond motifs is 1. The fraction of sp³-hybridized carbons (Fsp3) is 0.429. The van der Waals surface area contributed by atoms with Gasteiger partial charge in [0, 0.05) is 12.5 Å². The lowest BCUT2D eigenvalue weighted by atomic mass is 9.98. The number of cyclic esters (lactones) is 1. The molecule has 1 amide bonds. The lowest BCUT2D eigenvalue weighted by Gasteiger charge is -2.24. The Morgan fingerprint density at radius 1 is 1.29 bits per heavy atom. The van der Waals surface area contributed by atoms with Crippen molar-refractivity contribution in [3.05, 3.63) is 35.4 Å². The van der Waals surface area contributed by atoms with E-state index in [1.165, 1.54) is 0 Å². The molecular formula is C14H15NO5S. The lowest BCUT2D eigenvalue weighted by Crippen LogP contribution is -2.46. The highest BCUT2D eigenvalue weighted by Crippen LogP contribution is 2.21. The van der Waals surface area contributed by atoms with Crippen molar-refractivity contribution in [1.82, 2.24) is 5.32 Å². The third kappa shape index (κ3) is 2.92. The van der Waals surface area contributed by atoms with Crippen molar-refractivity contribution in [3.8, 4) is 0 Å². The van der Waals surface area contributed by atoms with E-state index >= 15 is 0 Å². The van der Waals surface area contributed by atoms with Crippen LogP contribution >= 0.6 is 0 Å². The first-order chi connectivity index (χ1) is 9.94. The average molecular weight is 309 g/mol. The maximum absolute atomic E-state index is 12.1. The quantitative estimate of drug-likeness (QED) is 0.781. The second-order valence-electron chi connectivity index (χ2n) is 5.36. The molecule has 1 fully saturated rings. The molecule has 2 aliphatic rings. The van der Waals surface area contributed by atoms with Gasteiger partial charge in [0.05, 0.1) is 17.1 Å². The molecule has 1 N–H and O–H groups in total. The standard InChI is InChI=1S/C14H15NO5S/c16-13(15-10-5-6-21(18,19)8-10)12-7-9-3-1-2-4-11(9)14(17)20-12/h1-4,10,12H,5-8H2,(H,15,16)/t10-,12+/m0/s1. The molecule has 2 atom stereocenters. The number of esters is 1. The van der Waals surface area contributed by atoms with Crippen LogP contribution in [0.3, 0.4) is 0 Å². The summed E-state index contributed by atoms with van der Waals surface area (Å²) >= 11 is 0. The number of hydrogen-bond donors (Lipinski definition) is 1. The van der Waals surface area contributed by atoms with Crippen molar-refractivity contribution in [1.29, 1.82) is 0 Å². The highest BCUT2D eigenvalue weighted by Gasteiger charge is 2.34. The number of carbonyl (C=O) groups excluding carboxylic acids is 2. The molecule has 2 aliphatic heterocycles. The number of benzene rings is 1. The molecule has 112 valence electrons. The van der Waals surface area contributed by atoms with E-state index in [0.717, 1.165) is 5.56 Å². The predicted octanol–water partition coefficient (Wildman–Crippen LogP) is 0.0714. The van der Waals surface area contributed by atoms with Gasteiger partial charge in [0.1, 0.15) is 0 Å². The Morgan fingerprint density at radius 3 is 2.76 bits per heavy atom. The Hall–Kier alpha value is -1.89. The molecule has 0 radical (unpaired) electrons. The molecule has 0 saturated carbocycles. The van der Waals surface area contributed by atoms with Gasteiger partial charge < -0.3 is 10.1 Å². The molecule has 0 bridgehead atoms. The van der Waals surface area contributed by atoms with Crippen LogP contribution in [-0.4, -0.2) is 43.9 Å². The first-order valence-corrected chi connectivity index (χ1v) is 8.56. The van der Waals surface area contributed by atoms with Crippen molar-refractivity contribution < 1.29 is 22.7 Å². The summed E-state index contributed by atoms with van der Waals surface area (Å²) in [6, 6.07) is 6.60.